The fourth-order valence-electron chi connectivity index (χ4n) is 0.853. The fraction of sp³-hybridized carbons (Fsp3) is 0.500. The van der Waals surface area contributed by atoms with Gasteiger partial charge in [0.2, 0.25) is 0 Å². The Kier molecular flexibility index (Phi) is 5.41. The molecule has 0 fully saturated rings. The zero-order chi connectivity index (χ0) is 12.2. The van der Waals surface area contributed by atoms with Gasteiger partial charge < -0.3 is 0 Å². The Morgan fingerprint density at radius 2 is 1.13 bits per heavy atom. The molecule has 0 saturated carbocycles. The first-order valence-electron chi connectivity index (χ1n) is 3.22. The molecule has 0 unspecified atom stereocenters. The highest BCUT2D eigenvalue weighted by molar-refractivity contribution is 9.32. The highest BCUT2D eigenvalue weighted by atomic mass is 79.9. The van der Waals surface area contributed by atoms with Crippen molar-refractivity contribution in [2.75, 3.05) is 0 Å². The molecule has 0 radical (unpaired) electrons. The van der Waals surface area contributed by atoms with Crippen LogP contribution in [-0.4, -0.2) is 15.5 Å². The summed E-state index contributed by atoms with van der Waals surface area (Å²) in [5.41, 5.74) is 0. The van der Waals surface area contributed by atoms with Gasteiger partial charge in [0.1, 0.15) is 3.23 Å². The van der Waals surface area contributed by atoms with Crippen LogP contribution in [0.3, 0.4) is 0 Å². The number of halogens is 8. The van der Waals surface area contributed by atoms with Crippen molar-refractivity contribution in [2.24, 2.45) is 0 Å². The number of hydrogen-bond acceptors (Lipinski definition) is 1. The van der Waals surface area contributed by atoms with Gasteiger partial charge in [0.05, 0.1) is 0 Å². The van der Waals surface area contributed by atoms with Gasteiger partial charge in [-0.05, 0) is 0 Å². The summed E-state index contributed by atoms with van der Waals surface area (Å²) < 4.78 is -1.32. The highest BCUT2D eigenvalue weighted by Gasteiger charge is 2.63. The first kappa shape index (κ1) is 16.3. The van der Waals surface area contributed by atoms with Crippen molar-refractivity contribution < 1.29 is 4.79 Å². The molecule has 0 aromatic carbocycles. The number of carbonyl (C=O) groups excluding carboxylic acids is 1. The second kappa shape index (κ2) is 4.98. The normalized spacial score (nSPS) is 28.1. The van der Waals surface area contributed by atoms with Gasteiger partial charge >= 0.3 is 0 Å². The van der Waals surface area contributed by atoms with Crippen LogP contribution in [0.15, 0.2) is 8.96 Å². The van der Waals surface area contributed by atoms with Gasteiger partial charge in [0.25, 0.3) is 0 Å². The second-order valence-corrected chi connectivity index (χ2v) is 14.6. The van der Waals surface area contributed by atoms with Gasteiger partial charge in [-0.15, -0.1) is 0 Å². The van der Waals surface area contributed by atoms with E-state index in [1.165, 1.54) is 0 Å². The third kappa shape index (κ3) is 2.48. The SMILES string of the molecule is O=C1C(Br)(Br)C(Br)=C(Br)C(Br)(Br)C1(Br)Br. The third-order valence-electron chi connectivity index (χ3n) is 1.71. The van der Waals surface area contributed by atoms with Gasteiger partial charge in [0.15, 0.2) is 12.3 Å². The molecule has 1 aliphatic carbocycles. The maximum Gasteiger partial charge on any atom is 0.195 e. The molecule has 9 heteroatoms. The number of ketones is 1. The van der Waals surface area contributed by atoms with E-state index >= 15 is 0 Å². The van der Waals surface area contributed by atoms with E-state index < -0.39 is 9.70 Å². The van der Waals surface area contributed by atoms with Crippen molar-refractivity contribution >= 4 is 133 Å². The number of carbonyl (C=O) groups is 1. The molecule has 1 aliphatic rings. The number of alkyl halides is 6. The topological polar surface area (TPSA) is 17.1 Å². The van der Waals surface area contributed by atoms with Crippen molar-refractivity contribution in [3.8, 4) is 0 Å². The number of allylic oxidation sites excluding steroid dienone is 2. The van der Waals surface area contributed by atoms with Gasteiger partial charge in [-0.1, -0.05) is 127 Å². The Morgan fingerprint density at radius 1 is 0.733 bits per heavy atom. The van der Waals surface area contributed by atoms with Crippen LogP contribution in [-0.2, 0) is 4.79 Å². The second-order valence-electron chi connectivity index (χ2n) is 2.68. The van der Waals surface area contributed by atoms with Crippen LogP contribution in [0.4, 0.5) is 0 Å². The monoisotopic (exact) mass is 719 g/mol. The summed E-state index contributed by atoms with van der Waals surface area (Å²) in [6.07, 6.45) is 0. The fourth-order valence-corrected chi connectivity index (χ4v) is 7.32. The van der Waals surface area contributed by atoms with Gasteiger partial charge in [0, 0.05) is 8.96 Å². The van der Waals surface area contributed by atoms with Crippen LogP contribution < -0.4 is 0 Å². The number of hydrogen-bond donors (Lipinski definition) is 0. The lowest BCUT2D eigenvalue weighted by Gasteiger charge is -2.42. The van der Waals surface area contributed by atoms with Gasteiger partial charge in [-0.3, -0.25) is 4.79 Å². The molecule has 1 nitrogen and oxygen atoms in total. The molecule has 0 spiro atoms. The Labute approximate surface area is 154 Å². The number of rotatable bonds is 0. The molecule has 86 valence electrons. The molecule has 0 aromatic rings. The molecule has 1 rings (SSSR count). The molecule has 0 aliphatic heterocycles. The lowest BCUT2D eigenvalue weighted by molar-refractivity contribution is -0.118. The Bertz CT molecular complexity index is 354. The maximum absolute atomic E-state index is 12.2. The van der Waals surface area contributed by atoms with E-state index in [1.54, 1.807) is 0 Å². The minimum atomic E-state index is -0.990. The molecule has 0 amide bonds. The van der Waals surface area contributed by atoms with Crippen molar-refractivity contribution in [1.29, 1.82) is 0 Å². The zero-order valence-corrected chi connectivity index (χ0v) is 19.1. The van der Waals surface area contributed by atoms with E-state index in [0.717, 1.165) is 4.48 Å². The molecule has 0 atom stereocenters. The average Bonchev–Trinajstić information content (AvgIpc) is 2.12. The zero-order valence-electron chi connectivity index (χ0n) is 6.43. The molecule has 0 bridgehead atoms. The van der Waals surface area contributed by atoms with E-state index in [-0.39, 0.29) is 5.78 Å². The summed E-state index contributed by atoms with van der Waals surface area (Å²) in [6.45, 7) is 0. The van der Waals surface area contributed by atoms with Gasteiger partial charge in [-0.2, -0.15) is 0 Å². The summed E-state index contributed by atoms with van der Waals surface area (Å²) in [5, 5.41) is 0. The predicted octanol–water partition coefficient (Wildman–Crippen LogP) is 6.03. The molecule has 0 aromatic heterocycles. The highest BCUT2D eigenvalue weighted by Crippen LogP contribution is 2.64. The van der Waals surface area contributed by atoms with Crippen LogP contribution in [0.2, 0.25) is 0 Å². The minimum absolute atomic E-state index is 0.140. The van der Waals surface area contributed by atoms with E-state index in [4.69, 9.17) is 0 Å². The molecule has 0 saturated heterocycles. The smallest absolute Gasteiger partial charge is 0.195 e. The molecule has 0 N–H and O–H groups in total. The summed E-state index contributed by atoms with van der Waals surface area (Å²) >= 11 is 27.0. The summed E-state index contributed by atoms with van der Waals surface area (Å²) in [5.74, 6) is -0.140. The van der Waals surface area contributed by atoms with Crippen molar-refractivity contribution in [2.45, 2.75) is 9.70 Å². The quantitative estimate of drug-likeness (QED) is 0.279. The van der Waals surface area contributed by atoms with Crippen molar-refractivity contribution in [3.63, 3.8) is 0 Å². The van der Waals surface area contributed by atoms with Gasteiger partial charge in [-0.25, -0.2) is 0 Å². The lowest BCUT2D eigenvalue weighted by atomic mass is 10.1. The van der Waals surface area contributed by atoms with Crippen LogP contribution >= 0.6 is 127 Å². The summed E-state index contributed by atoms with van der Waals surface area (Å²) in [4.78, 5) is 12.2. The Morgan fingerprint density at radius 3 is 1.53 bits per heavy atom. The first-order chi connectivity index (χ1) is 6.47. The molecule has 0 heterocycles. The first-order valence-corrected chi connectivity index (χ1v) is 9.56. The van der Waals surface area contributed by atoms with Crippen LogP contribution in [0.25, 0.3) is 0 Å². The summed E-state index contributed by atoms with van der Waals surface area (Å²) in [7, 11) is 0. The Balaban J connectivity index is 3.55. The van der Waals surface area contributed by atoms with Crippen molar-refractivity contribution in [3.05, 3.63) is 8.96 Å². The maximum atomic E-state index is 12.2. The Hall–Kier alpha value is 3.25. The van der Waals surface area contributed by atoms with E-state index in [9.17, 15) is 4.79 Å². The lowest BCUT2D eigenvalue weighted by Crippen LogP contribution is -2.53. The van der Waals surface area contributed by atoms with E-state index in [0.29, 0.717) is 4.48 Å². The predicted molar refractivity (Wildman–Crippen MR) is 91.6 cm³/mol. The summed E-state index contributed by atoms with van der Waals surface area (Å²) in [6, 6.07) is 0. The third-order valence-corrected chi connectivity index (χ3v) is 13.9. The minimum Gasteiger partial charge on any atom is -0.294 e. The van der Waals surface area contributed by atoms with Crippen LogP contribution in [0, 0.1) is 0 Å². The van der Waals surface area contributed by atoms with Crippen LogP contribution in [0.5, 0.6) is 0 Å². The van der Waals surface area contributed by atoms with Crippen molar-refractivity contribution in [1.82, 2.24) is 0 Å². The van der Waals surface area contributed by atoms with E-state index in [2.05, 4.69) is 127 Å². The number of Topliss-reactive ketones (excluding diaryl/α,β-unsaturated/α-hetero) is 1. The van der Waals surface area contributed by atoms with E-state index in [1.807, 2.05) is 0 Å². The largest absolute Gasteiger partial charge is 0.294 e. The average molecular weight is 727 g/mol. The molecular weight excluding hydrogens is 727 g/mol. The van der Waals surface area contributed by atoms with Crippen LogP contribution in [0.1, 0.15) is 0 Å². The standard InChI is InChI=1S/C6Br8O/c7-1-2(8)5(11,12)6(13,14)3(15)4(1,9)10. The molecular formula is C6Br8O. The molecule has 15 heavy (non-hydrogen) atoms.